The van der Waals surface area contributed by atoms with Gasteiger partial charge in [0, 0.05) is 32.8 Å². The van der Waals surface area contributed by atoms with E-state index in [4.69, 9.17) is 14.2 Å². The fourth-order valence-corrected chi connectivity index (χ4v) is 5.04. The smallest absolute Gasteiger partial charge is 0.254 e. The summed E-state index contributed by atoms with van der Waals surface area (Å²) >= 11 is 0. The molecule has 1 aromatic carbocycles. The molecule has 1 aromatic rings. The van der Waals surface area contributed by atoms with Gasteiger partial charge in [-0.15, -0.1) is 0 Å². The van der Waals surface area contributed by atoms with Crippen molar-refractivity contribution in [1.82, 2.24) is 9.80 Å². The van der Waals surface area contributed by atoms with Crippen LogP contribution in [0.15, 0.2) is 24.3 Å². The average Bonchev–Trinajstić information content (AvgIpc) is 3.20. The molecule has 4 aliphatic rings. The van der Waals surface area contributed by atoms with Crippen molar-refractivity contribution in [2.75, 3.05) is 28.0 Å². The molecular formula is C19H20N2O5. The van der Waals surface area contributed by atoms with Crippen LogP contribution in [0.2, 0.25) is 0 Å². The van der Waals surface area contributed by atoms with Gasteiger partial charge in [0.05, 0.1) is 11.5 Å². The van der Waals surface area contributed by atoms with E-state index in [2.05, 4.69) is 6.08 Å². The quantitative estimate of drug-likeness (QED) is 0.700. The van der Waals surface area contributed by atoms with E-state index in [0.717, 1.165) is 5.56 Å². The number of carbonyl (C=O) groups is 2. The predicted octanol–water partition coefficient (Wildman–Crippen LogP) is 0.923. The Morgan fingerprint density at radius 3 is 2.62 bits per heavy atom. The number of likely N-dealkylation sites (N-methyl/N-ethyl adjacent to an activating group) is 2. The number of methoxy groups -OCH3 is 1. The maximum absolute atomic E-state index is 13.1. The molecule has 1 aliphatic carbocycles. The van der Waals surface area contributed by atoms with Crippen molar-refractivity contribution in [3.63, 3.8) is 0 Å². The first-order valence-corrected chi connectivity index (χ1v) is 8.69. The second kappa shape index (κ2) is 5.01. The van der Waals surface area contributed by atoms with E-state index in [1.165, 1.54) is 0 Å². The third-order valence-corrected chi connectivity index (χ3v) is 6.32. The lowest BCUT2D eigenvalue weighted by Crippen LogP contribution is -2.59. The van der Waals surface area contributed by atoms with Gasteiger partial charge in [0.2, 0.25) is 12.7 Å². The molecular weight excluding hydrogens is 336 g/mol. The monoisotopic (exact) mass is 356 g/mol. The van der Waals surface area contributed by atoms with E-state index < -0.39 is 11.5 Å². The third kappa shape index (κ3) is 1.66. The number of benzene rings is 1. The molecule has 0 bridgehead atoms. The summed E-state index contributed by atoms with van der Waals surface area (Å²) in [7, 11) is 5.18. The molecule has 26 heavy (non-hydrogen) atoms. The van der Waals surface area contributed by atoms with Crippen LogP contribution in [-0.4, -0.2) is 67.8 Å². The second-order valence-electron chi connectivity index (χ2n) is 7.34. The first-order chi connectivity index (χ1) is 12.5. The summed E-state index contributed by atoms with van der Waals surface area (Å²) in [4.78, 5) is 29.4. The minimum atomic E-state index is -0.611. The number of hydrogen-bond donors (Lipinski definition) is 0. The standard InChI is InChI=1S/C19H20N2O5/c1-20-15-6-10(24-3)4-5-19(15)12-8-14-13(25-9-26-14)7-11(12)17(22)21(2)16(19)18(20)23/h4-5,7-8,10,15-16H,6,9H2,1-3H3/t10-,15+,16-,19+/m1/s1. The predicted molar refractivity (Wildman–Crippen MR) is 91.2 cm³/mol. The van der Waals surface area contributed by atoms with Gasteiger partial charge in [-0.05, 0) is 24.1 Å². The lowest BCUT2D eigenvalue weighted by Gasteiger charge is -2.47. The van der Waals surface area contributed by atoms with Gasteiger partial charge in [-0.1, -0.05) is 12.2 Å². The number of rotatable bonds is 1. The molecule has 0 N–H and O–H groups in total. The number of fused-ring (bicyclic) bond motifs is 2. The number of likely N-dealkylation sites (tertiary alicyclic amines) is 1. The molecule has 0 radical (unpaired) electrons. The van der Waals surface area contributed by atoms with Gasteiger partial charge >= 0.3 is 0 Å². The molecule has 1 spiro atoms. The first-order valence-electron chi connectivity index (χ1n) is 8.69. The molecule has 7 nitrogen and oxygen atoms in total. The van der Waals surface area contributed by atoms with Gasteiger partial charge in [-0.2, -0.15) is 0 Å². The molecule has 4 atom stereocenters. The Balaban J connectivity index is 1.80. The zero-order valence-electron chi connectivity index (χ0n) is 14.9. The average molecular weight is 356 g/mol. The molecule has 2 amide bonds. The number of nitrogens with zero attached hydrogens (tertiary/aromatic N) is 2. The number of ether oxygens (including phenoxy) is 3. The summed E-state index contributed by atoms with van der Waals surface area (Å²) in [6.45, 7) is 0.141. The fourth-order valence-electron chi connectivity index (χ4n) is 5.04. The highest BCUT2D eigenvalue weighted by Crippen LogP contribution is 2.53. The lowest BCUT2D eigenvalue weighted by molar-refractivity contribution is -0.131. The van der Waals surface area contributed by atoms with E-state index in [9.17, 15) is 9.59 Å². The summed E-state index contributed by atoms with van der Waals surface area (Å²) in [5.74, 6) is 0.982. The SMILES string of the molecule is CO[C@@H]1C=C[C@@]23c4cc5c(cc4C(=O)N(C)[C@@H]2C(=O)N(C)[C@H]3C1)OCO5. The third-order valence-electron chi connectivity index (χ3n) is 6.32. The number of carbonyl (C=O) groups excluding carboxylic acids is 2. The highest BCUT2D eigenvalue weighted by atomic mass is 16.7. The van der Waals surface area contributed by atoms with Gasteiger partial charge in [0.1, 0.15) is 6.04 Å². The Hall–Kier alpha value is -2.54. The van der Waals surface area contributed by atoms with E-state index in [0.29, 0.717) is 23.5 Å². The Bertz CT molecular complexity index is 866. The molecule has 3 aliphatic heterocycles. The number of amides is 2. The Labute approximate surface area is 151 Å². The largest absolute Gasteiger partial charge is 0.454 e. The highest BCUT2D eigenvalue weighted by Gasteiger charge is 2.64. The van der Waals surface area contributed by atoms with Crippen molar-refractivity contribution in [2.45, 2.75) is 30.0 Å². The molecule has 5 rings (SSSR count). The van der Waals surface area contributed by atoms with E-state index >= 15 is 0 Å². The Morgan fingerprint density at radius 1 is 1.15 bits per heavy atom. The summed E-state index contributed by atoms with van der Waals surface area (Å²) in [6.07, 6.45) is 4.70. The summed E-state index contributed by atoms with van der Waals surface area (Å²) in [6, 6.07) is 2.97. The fraction of sp³-hybridized carbons (Fsp3) is 0.474. The number of hydrogen-bond acceptors (Lipinski definition) is 5. The normalized spacial score (nSPS) is 34.0. The Morgan fingerprint density at radius 2 is 1.88 bits per heavy atom. The van der Waals surface area contributed by atoms with Gasteiger partial charge in [0.15, 0.2) is 11.5 Å². The maximum atomic E-state index is 13.1. The molecule has 0 aromatic heterocycles. The van der Waals surface area contributed by atoms with E-state index in [1.807, 2.05) is 19.2 Å². The Kier molecular flexibility index (Phi) is 3.02. The highest BCUT2D eigenvalue weighted by molar-refractivity contribution is 6.04. The second-order valence-corrected chi connectivity index (χ2v) is 7.34. The van der Waals surface area contributed by atoms with Crippen LogP contribution in [0.3, 0.4) is 0 Å². The van der Waals surface area contributed by atoms with Gasteiger partial charge in [-0.25, -0.2) is 0 Å². The molecule has 3 heterocycles. The summed E-state index contributed by atoms with van der Waals surface area (Å²) in [5, 5.41) is 0. The van der Waals surface area contributed by atoms with Crippen LogP contribution in [0.25, 0.3) is 0 Å². The van der Waals surface area contributed by atoms with Crippen LogP contribution in [0.5, 0.6) is 11.5 Å². The summed E-state index contributed by atoms with van der Waals surface area (Å²) < 4.78 is 16.5. The van der Waals surface area contributed by atoms with Gasteiger partial charge in [-0.3, -0.25) is 9.59 Å². The van der Waals surface area contributed by atoms with Crippen LogP contribution >= 0.6 is 0 Å². The zero-order valence-corrected chi connectivity index (χ0v) is 14.9. The van der Waals surface area contributed by atoms with Crippen LogP contribution in [-0.2, 0) is 14.9 Å². The minimum absolute atomic E-state index is 0.0458. The van der Waals surface area contributed by atoms with Crippen LogP contribution in [0, 0.1) is 0 Å². The van der Waals surface area contributed by atoms with Gasteiger partial charge < -0.3 is 24.0 Å². The van der Waals surface area contributed by atoms with Crippen molar-refractivity contribution in [1.29, 1.82) is 0 Å². The molecule has 136 valence electrons. The maximum Gasteiger partial charge on any atom is 0.254 e. The van der Waals surface area contributed by atoms with E-state index in [1.54, 1.807) is 30.0 Å². The van der Waals surface area contributed by atoms with E-state index in [-0.39, 0.29) is 30.8 Å². The van der Waals surface area contributed by atoms with Crippen molar-refractivity contribution in [3.8, 4) is 11.5 Å². The molecule has 1 fully saturated rings. The van der Waals surface area contributed by atoms with Crippen molar-refractivity contribution in [3.05, 3.63) is 35.4 Å². The first kappa shape index (κ1) is 15.7. The van der Waals surface area contributed by atoms with Crippen molar-refractivity contribution < 1.29 is 23.8 Å². The van der Waals surface area contributed by atoms with Crippen LogP contribution in [0.4, 0.5) is 0 Å². The lowest BCUT2D eigenvalue weighted by atomic mass is 9.63. The van der Waals surface area contributed by atoms with Crippen molar-refractivity contribution in [2.24, 2.45) is 0 Å². The minimum Gasteiger partial charge on any atom is -0.454 e. The van der Waals surface area contributed by atoms with Gasteiger partial charge in [0.25, 0.3) is 5.91 Å². The van der Waals surface area contributed by atoms with Crippen molar-refractivity contribution >= 4 is 11.8 Å². The molecule has 7 heteroatoms. The summed E-state index contributed by atoms with van der Waals surface area (Å²) in [5.41, 5.74) is 0.796. The van der Waals surface area contributed by atoms with Crippen LogP contribution < -0.4 is 9.47 Å². The molecule has 0 saturated carbocycles. The topological polar surface area (TPSA) is 68.3 Å². The van der Waals surface area contributed by atoms with Crippen LogP contribution in [0.1, 0.15) is 22.3 Å². The molecule has 1 saturated heterocycles. The zero-order chi connectivity index (χ0) is 18.2. The molecule has 0 unspecified atom stereocenters.